The van der Waals surface area contributed by atoms with Gasteiger partial charge in [0, 0.05) is 19.6 Å². The lowest BCUT2D eigenvalue weighted by Gasteiger charge is -2.26. The van der Waals surface area contributed by atoms with Crippen LogP contribution in [0.4, 0.5) is 0 Å². The highest BCUT2D eigenvalue weighted by molar-refractivity contribution is 5.86. The summed E-state index contributed by atoms with van der Waals surface area (Å²) < 4.78 is 0. The van der Waals surface area contributed by atoms with E-state index in [-0.39, 0.29) is 30.7 Å². The first-order chi connectivity index (χ1) is 7.34. The first kappa shape index (κ1) is 20.3. The summed E-state index contributed by atoms with van der Waals surface area (Å²) in [6, 6.07) is 0. The summed E-state index contributed by atoms with van der Waals surface area (Å²) in [5.41, 5.74) is 5.10. The number of rotatable bonds is 4. The van der Waals surface area contributed by atoms with Crippen molar-refractivity contribution in [2.75, 3.05) is 33.2 Å². The van der Waals surface area contributed by atoms with Gasteiger partial charge in [-0.15, -0.1) is 24.8 Å². The third-order valence-corrected chi connectivity index (χ3v) is 3.23. The zero-order valence-electron chi connectivity index (χ0n) is 11.8. The molecular weight excluding hydrogens is 273 g/mol. The van der Waals surface area contributed by atoms with Gasteiger partial charge in [-0.25, -0.2) is 0 Å². The van der Waals surface area contributed by atoms with Crippen LogP contribution in [0.2, 0.25) is 0 Å². The first-order valence-corrected chi connectivity index (χ1v) is 6.11. The number of carbonyl (C=O) groups excluding carboxylic acids is 1. The maximum absolute atomic E-state index is 12.0. The van der Waals surface area contributed by atoms with Gasteiger partial charge in [-0.3, -0.25) is 4.79 Å². The minimum atomic E-state index is -0.731. The van der Waals surface area contributed by atoms with Gasteiger partial charge in [-0.05, 0) is 39.8 Å². The number of hydrogen-bond acceptors (Lipinski definition) is 3. The first-order valence-electron chi connectivity index (χ1n) is 6.11. The number of amides is 1. The number of nitrogens with zero attached hydrogens (tertiary/aromatic N) is 2. The van der Waals surface area contributed by atoms with E-state index in [4.69, 9.17) is 5.73 Å². The molecule has 0 aromatic rings. The van der Waals surface area contributed by atoms with Gasteiger partial charge in [-0.1, -0.05) is 6.92 Å². The average molecular weight is 300 g/mol. The van der Waals surface area contributed by atoms with Crippen LogP contribution in [0, 0.1) is 5.92 Å². The lowest BCUT2D eigenvalue weighted by atomic mass is 10.1. The molecule has 18 heavy (non-hydrogen) atoms. The van der Waals surface area contributed by atoms with E-state index in [1.54, 1.807) is 13.8 Å². The summed E-state index contributed by atoms with van der Waals surface area (Å²) in [7, 11) is 2.12. The van der Waals surface area contributed by atoms with E-state index >= 15 is 0 Å². The van der Waals surface area contributed by atoms with Gasteiger partial charge in [-0.2, -0.15) is 0 Å². The molecular formula is C12H27Cl2N3O. The molecule has 0 saturated carbocycles. The van der Waals surface area contributed by atoms with Gasteiger partial charge in [0.1, 0.15) is 0 Å². The van der Waals surface area contributed by atoms with Gasteiger partial charge >= 0.3 is 0 Å². The van der Waals surface area contributed by atoms with Gasteiger partial charge in [0.2, 0.25) is 5.91 Å². The van der Waals surface area contributed by atoms with E-state index in [9.17, 15) is 4.79 Å². The highest BCUT2D eigenvalue weighted by Crippen LogP contribution is 2.19. The lowest BCUT2D eigenvalue weighted by Crippen LogP contribution is -2.50. The molecule has 2 N–H and O–H groups in total. The Labute approximate surface area is 123 Å². The molecule has 1 saturated heterocycles. The number of halogens is 2. The van der Waals surface area contributed by atoms with Crippen LogP contribution in [0.15, 0.2) is 0 Å². The third-order valence-electron chi connectivity index (χ3n) is 3.23. The van der Waals surface area contributed by atoms with Crippen LogP contribution in [-0.2, 0) is 4.79 Å². The van der Waals surface area contributed by atoms with Crippen molar-refractivity contribution in [1.29, 1.82) is 0 Å². The highest BCUT2D eigenvalue weighted by Gasteiger charge is 2.33. The monoisotopic (exact) mass is 299 g/mol. The molecule has 1 aliphatic rings. The van der Waals surface area contributed by atoms with E-state index in [0.29, 0.717) is 5.92 Å². The predicted molar refractivity (Wildman–Crippen MR) is 80.6 cm³/mol. The van der Waals surface area contributed by atoms with Crippen LogP contribution >= 0.6 is 24.8 Å². The summed E-state index contributed by atoms with van der Waals surface area (Å²) in [5.74, 6) is 0.686. The van der Waals surface area contributed by atoms with Crippen LogP contribution < -0.4 is 5.73 Å². The Hall–Kier alpha value is -0.0300. The van der Waals surface area contributed by atoms with E-state index in [0.717, 1.165) is 32.6 Å². The second-order valence-corrected chi connectivity index (χ2v) is 5.48. The van der Waals surface area contributed by atoms with Crippen LogP contribution in [0.25, 0.3) is 0 Å². The molecule has 1 fully saturated rings. The molecule has 0 spiro atoms. The maximum Gasteiger partial charge on any atom is 0.242 e. The van der Waals surface area contributed by atoms with Crippen molar-refractivity contribution in [3.05, 3.63) is 0 Å². The number of carbonyl (C=O) groups is 1. The lowest BCUT2D eigenvalue weighted by molar-refractivity contribution is -0.134. The Morgan fingerprint density at radius 2 is 2.00 bits per heavy atom. The van der Waals surface area contributed by atoms with Crippen LogP contribution in [-0.4, -0.2) is 54.5 Å². The quantitative estimate of drug-likeness (QED) is 0.853. The minimum absolute atomic E-state index is 0. The molecule has 0 aliphatic carbocycles. The fourth-order valence-electron chi connectivity index (χ4n) is 2.14. The molecule has 1 atom stereocenters. The zero-order valence-corrected chi connectivity index (χ0v) is 13.4. The smallest absolute Gasteiger partial charge is 0.242 e. The van der Waals surface area contributed by atoms with Crippen molar-refractivity contribution in [1.82, 2.24) is 9.80 Å². The van der Waals surface area contributed by atoms with E-state index < -0.39 is 5.54 Å². The van der Waals surface area contributed by atoms with Crippen molar-refractivity contribution in [3.63, 3.8) is 0 Å². The predicted octanol–water partition coefficient (Wildman–Crippen LogP) is 1.37. The van der Waals surface area contributed by atoms with Crippen LogP contribution in [0.1, 0.15) is 27.2 Å². The molecule has 1 unspecified atom stereocenters. The normalized spacial score (nSPS) is 19.4. The van der Waals surface area contributed by atoms with Crippen molar-refractivity contribution in [3.8, 4) is 0 Å². The number of likely N-dealkylation sites (tertiary alicyclic amines) is 1. The Morgan fingerprint density at radius 3 is 2.44 bits per heavy atom. The molecule has 0 bridgehead atoms. The van der Waals surface area contributed by atoms with Crippen LogP contribution in [0.5, 0.6) is 0 Å². The second kappa shape index (κ2) is 8.20. The Kier molecular flexibility index (Phi) is 9.25. The molecule has 6 heteroatoms. The van der Waals surface area contributed by atoms with Gasteiger partial charge in [0.05, 0.1) is 5.54 Å². The molecule has 0 aromatic heterocycles. The minimum Gasteiger partial charge on any atom is -0.341 e. The summed E-state index contributed by atoms with van der Waals surface area (Å²) in [6.07, 6.45) is 1.10. The zero-order chi connectivity index (χ0) is 12.3. The van der Waals surface area contributed by atoms with Crippen molar-refractivity contribution in [2.45, 2.75) is 32.7 Å². The molecule has 110 valence electrons. The second-order valence-electron chi connectivity index (χ2n) is 5.48. The highest BCUT2D eigenvalue weighted by atomic mass is 35.5. The maximum atomic E-state index is 12.0. The Morgan fingerprint density at radius 1 is 1.44 bits per heavy atom. The molecule has 0 aromatic carbocycles. The Balaban J connectivity index is 0. The molecule has 1 aliphatic heterocycles. The Bertz CT molecular complexity index is 256. The number of nitrogens with two attached hydrogens (primary N) is 1. The molecule has 0 radical (unpaired) electrons. The topological polar surface area (TPSA) is 49.6 Å². The van der Waals surface area contributed by atoms with E-state index in [1.165, 1.54) is 0 Å². The summed E-state index contributed by atoms with van der Waals surface area (Å²) in [4.78, 5) is 16.2. The van der Waals surface area contributed by atoms with Gasteiger partial charge < -0.3 is 15.5 Å². The summed E-state index contributed by atoms with van der Waals surface area (Å²) in [6.45, 7) is 9.58. The largest absolute Gasteiger partial charge is 0.341 e. The summed E-state index contributed by atoms with van der Waals surface area (Å²) in [5, 5.41) is 0. The van der Waals surface area contributed by atoms with Gasteiger partial charge in [0.15, 0.2) is 0 Å². The molecule has 4 nitrogen and oxygen atoms in total. The van der Waals surface area contributed by atoms with Crippen molar-refractivity contribution in [2.24, 2.45) is 11.7 Å². The van der Waals surface area contributed by atoms with Crippen molar-refractivity contribution >= 4 is 30.7 Å². The fourth-order valence-corrected chi connectivity index (χ4v) is 2.14. The van der Waals surface area contributed by atoms with E-state index in [2.05, 4.69) is 18.9 Å². The molecule has 1 heterocycles. The molecule has 1 rings (SSSR count). The standard InChI is InChI=1S/C12H25N3O.2ClH/c1-5-14(4)8-10-6-7-15(9-10)11(16)12(2,3)13;;/h10H,5-9,13H2,1-4H3;2*1H. The number of hydrogen-bond donors (Lipinski definition) is 1. The SMILES string of the molecule is CCN(C)CC1CCN(C(=O)C(C)(C)N)C1.Cl.Cl. The van der Waals surface area contributed by atoms with Gasteiger partial charge in [0.25, 0.3) is 0 Å². The third kappa shape index (κ3) is 5.74. The van der Waals surface area contributed by atoms with Crippen molar-refractivity contribution < 1.29 is 4.79 Å². The summed E-state index contributed by atoms with van der Waals surface area (Å²) >= 11 is 0. The molecule has 1 amide bonds. The van der Waals surface area contributed by atoms with Crippen LogP contribution in [0.3, 0.4) is 0 Å². The van der Waals surface area contributed by atoms with E-state index in [1.807, 2.05) is 4.90 Å². The average Bonchev–Trinajstić information content (AvgIpc) is 2.63. The fraction of sp³-hybridized carbons (Fsp3) is 0.917.